The van der Waals surface area contributed by atoms with Gasteiger partial charge in [-0.1, -0.05) is 284 Å². The SMILES string of the molecule is CCCCCCCCCCCCCCCCCCCCCCCCCCC(=O)OC(COC(=O)CCCCCCCCCCCCCCCCCCCCCC)COC1OC(COC2OC(CO)C(O)C(O)C2O)C(O)C(O)C1O. The van der Waals surface area contributed by atoms with Crippen molar-refractivity contribution in [2.75, 3.05) is 26.4 Å². The van der Waals surface area contributed by atoms with Gasteiger partial charge < -0.3 is 64.2 Å². The fraction of sp³-hybridized carbons (Fsp3) is 0.969. The Morgan fingerprint density at radius 1 is 0.350 bits per heavy atom. The molecule has 11 atom stereocenters. The van der Waals surface area contributed by atoms with Crippen molar-refractivity contribution < 1.29 is 73.8 Å². The zero-order valence-electron chi connectivity index (χ0n) is 51.1. The molecule has 0 aliphatic carbocycles. The second-order valence-corrected chi connectivity index (χ2v) is 24.0. The molecule has 0 saturated carbocycles. The minimum absolute atomic E-state index is 0.175. The number of hydrogen-bond acceptors (Lipinski definition) is 15. The highest BCUT2D eigenvalue weighted by Crippen LogP contribution is 2.27. The molecular formula is C65H124O15. The number of rotatable bonds is 56. The second kappa shape index (κ2) is 51.9. The Hall–Kier alpha value is -1.50. The summed E-state index contributed by atoms with van der Waals surface area (Å²) in [6.45, 7) is 2.69. The maximum atomic E-state index is 13.1. The van der Waals surface area contributed by atoms with Gasteiger partial charge in [0.15, 0.2) is 18.7 Å². The van der Waals surface area contributed by atoms with Crippen molar-refractivity contribution in [2.45, 2.75) is 377 Å². The molecule has 0 bridgehead atoms. The van der Waals surface area contributed by atoms with E-state index >= 15 is 0 Å². The van der Waals surface area contributed by atoms with Crippen molar-refractivity contribution in [3.05, 3.63) is 0 Å². The molecule has 7 N–H and O–H groups in total. The number of aliphatic hydroxyl groups excluding tert-OH is 7. The Bertz CT molecular complexity index is 1390. The van der Waals surface area contributed by atoms with Gasteiger partial charge in [-0.25, -0.2) is 0 Å². The van der Waals surface area contributed by atoms with Gasteiger partial charge in [-0.05, 0) is 12.8 Å². The van der Waals surface area contributed by atoms with Crippen LogP contribution in [-0.2, 0) is 38.0 Å². The number of carbonyl (C=O) groups excluding carboxylic acids is 2. The lowest BCUT2D eigenvalue weighted by atomic mass is 9.98. The van der Waals surface area contributed by atoms with E-state index in [9.17, 15) is 45.3 Å². The number of unbranched alkanes of at least 4 members (excludes halogenated alkanes) is 42. The van der Waals surface area contributed by atoms with Crippen LogP contribution in [0.5, 0.6) is 0 Å². The molecule has 2 aliphatic rings. The van der Waals surface area contributed by atoms with E-state index in [0.717, 1.165) is 38.5 Å². The first-order valence-corrected chi connectivity index (χ1v) is 33.6. The minimum atomic E-state index is -1.76. The van der Waals surface area contributed by atoms with Crippen LogP contribution in [0.1, 0.15) is 309 Å². The van der Waals surface area contributed by atoms with E-state index in [1.807, 2.05) is 0 Å². The van der Waals surface area contributed by atoms with E-state index in [-0.39, 0.29) is 26.1 Å². The van der Waals surface area contributed by atoms with E-state index in [1.54, 1.807) is 0 Å². The summed E-state index contributed by atoms with van der Waals surface area (Å²) in [7, 11) is 0. The third kappa shape index (κ3) is 37.7. The van der Waals surface area contributed by atoms with Gasteiger partial charge in [-0.15, -0.1) is 0 Å². The first-order valence-electron chi connectivity index (χ1n) is 33.6. The van der Waals surface area contributed by atoms with Crippen LogP contribution in [0.3, 0.4) is 0 Å². The highest BCUT2D eigenvalue weighted by molar-refractivity contribution is 5.70. The molecular weight excluding hydrogens is 1020 g/mol. The standard InChI is InChI=1S/C65H124O15/c1-3-5-7-9-11-13-15-17-19-21-23-25-26-27-28-30-32-34-36-38-40-42-44-46-48-57(68)78-53(50-75-56(67)47-45-43-41-39-37-35-33-31-29-24-22-20-18-16-14-12-10-8-6-4-2)51-76-64-63(74)61(72)59(70)55(80-64)52-77-65-62(73)60(71)58(69)54(49-66)79-65/h53-55,58-66,69-74H,3-52H2,1-2H3. The van der Waals surface area contributed by atoms with Crippen molar-refractivity contribution in [2.24, 2.45) is 0 Å². The Morgan fingerprint density at radius 2 is 0.637 bits per heavy atom. The van der Waals surface area contributed by atoms with Gasteiger partial charge in [0.1, 0.15) is 55.4 Å². The molecule has 2 aliphatic heterocycles. The molecule has 80 heavy (non-hydrogen) atoms. The van der Waals surface area contributed by atoms with Crippen LogP contribution in [0.15, 0.2) is 0 Å². The topological polar surface area (TPSA) is 231 Å². The van der Waals surface area contributed by atoms with Crippen LogP contribution in [0.2, 0.25) is 0 Å². The highest BCUT2D eigenvalue weighted by atomic mass is 16.7. The van der Waals surface area contributed by atoms with Gasteiger partial charge in [-0.2, -0.15) is 0 Å². The summed E-state index contributed by atoms with van der Waals surface area (Å²) in [4.78, 5) is 26.0. The van der Waals surface area contributed by atoms with Gasteiger partial charge in [0.05, 0.1) is 19.8 Å². The third-order valence-corrected chi connectivity index (χ3v) is 16.6. The van der Waals surface area contributed by atoms with Crippen molar-refractivity contribution >= 4 is 11.9 Å². The van der Waals surface area contributed by atoms with Crippen molar-refractivity contribution in [1.29, 1.82) is 0 Å². The van der Waals surface area contributed by atoms with Crippen LogP contribution >= 0.6 is 0 Å². The fourth-order valence-corrected chi connectivity index (χ4v) is 11.2. The zero-order chi connectivity index (χ0) is 58.1. The number of esters is 2. The smallest absolute Gasteiger partial charge is 0.306 e. The minimum Gasteiger partial charge on any atom is -0.462 e. The molecule has 0 spiro atoms. The van der Waals surface area contributed by atoms with Crippen molar-refractivity contribution in [1.82, 2.24) is 0 Å². The molecule has 2 saturated heterocycles. The second-order valence-electron chi connectivity index (χ2n) is 24.0. The molecule has 2 fully saturated rings. The van der Waals surface area contributed by atoms with Gasteiger partial charge in [-0.3, -0.25) is 9.59 Å². The Balaban J connectivity index is 1.68. The monoisotopic (exact) mass is 1140 g/mol. The average molecular weight is 1150 g/mol. The summed E-state index contributed by atoms with van der Waals surface area (Å²) in [6.07, 6.45) is 39.9. The maximum absolute atomic E-state index is 13.1. The molecule has 0 aromatic rings. The lowest BCUT2D eigenvalue weighted by molar-refractivity contribution is -0.332. The first kappa shape index (κ1) is 74.6. The quantitative estimate of drug-likeness (QED) is 0.0222. The summed E-state index contributed by atoms with van der Waals surface area (Å²) < 4.78 is 33.8. The van der Waals surface area contributed by atoms with Gasteiger partial charge in [0.2, 0.25) is 0 Å². The van der Waals surface area contributed by atoms with Crippen LogP contribution in [0.25, 0.3) is 0 Å². The first-order chi connectivity index (χ1) is 39.0. The van der Waals surface area contributed by atoms with Gasteiger partial charge in [0, 0.05) is 12.8 Å². The summed E-state index contributed by atoms with van der Waals surface area (Å²) in [5.41, 5.74) is 0. The van der Waals surface area contributed by atoms with Crippen LogP contribution in [-0.4, -0.2) is 142 Å². The fourth-order valence-electron chi connectivity index (χ4n) is 11.2. The molecule has 2 heterocycles. The molecule has 0 radical (unpaired) electrons. The molecule has 15 nitrogen and oxygen atoms in total. The van der Waals surface area contributed by atoms with Crippen molar-refractivity contribution in [3.8, 4) is 0 Å². The van der Waals surface area contributed by atoms with E-state index in [1.165, 1.54) is 231 Å². The average Bonchev–Trinajstić information content (AvgIpc) is 3.52. The van der Waals surface area contributed by atoms with E-state index in [4.69, 9.17) is 28.4 Å². The molecule has 0 amide bonds. The van der Waals surface area contributed by atoms with Crippen molar-refractivity contribution in [3.63, 3.8) is 0 Å². The van der Waals surface area contributed by atoms with Crippen LogP contribution in [0, 0.1) is 0 Å². The number of aliphatic hydroxyl groups is 7. The Kier molecular flexibility index (Phi) is 48.4. The summed E-state index contributed by atoms with van der Waals surface area (Å²) in [5.74, 6) is -0.898. The Labute approximate surface area is 487 Å². The molecule has 474 valence electrons. The molecule has 2 rings (SSSR count). The number of carbonyl (C=O) groups is 2. The molecule has 0 aromatic carbocycles. The molecule has 0 aromatic heterocycles. The predicted molar refractivity (Wildman–Crippen MR) is 317 cm³/mol. The maximum Gasteiger partial charge on any atom is 0.306 e. The normalized spacial score (nSPS) is 23.6. The molecule has 15 heteroatoms. The number of ether oxygens (including phenoxy) is 6. The van der Waals surface area contributed by atoms with Crippen LogP contribution < -0.4 is 0 Å². The lowest BCUT2D eigenvalue weighted by Crippen LogP contribution is -2.61. The van der Waals surface area contributed by atoms with E-state index in [0.29, 0.717) is 12.8 Å². The molecule has 11 unspecified atom stereocenters. The van der Waals surface area contributed by atoms with Gasteiger partial charge >= 0.3 is 11.9 Å². The van der Waals surface area contributed by atoms with Crippen LogP contribution in [0.4, 0.5) is 0 Å². The highest BCUT2D eigenvalue weighted by Gasteiger charge is 2.47. The zero-order valence-corrected chi connectivity index (χ0v) is 51.1. The predicted octanol–water partition coefficient (Wildman–Crippen LogP) is 13.1. The van der Waals surface area contributed by atoms with E-state index in [2.05, 4.69) is 13.8 Å². The summed E-state index contributed by atoms with van der Waals surface area (Å²) >= 11 is 0. The summed E-state index contributed by atoms with van der Waals surface area (Å²) in [6, 6.07) is 0. The Morgan fingerprint density at radius 3 is 0.975 bits per heavy atom. The summed E-state index contributed by atoms with van der Waals surface area (Å²) in [5, 5.41) is 72.5. The lowest BCUT2D eigenvalue weighted by Gasteiger charge is -2.42. The van der Waals surface area contributed by atoms with E-state index < -0.39 is 92.7 Å². The number of hydrogen-bond donors (Lipinski definition) is 7. The third-order valence-electron chi connectivity index (χ3n) is 16.6. The largest absolute Gasteiger partial charge is 0.462 e. The van der Waals surface area contributed by atoms with Gasteiger partial charge in [0.25, 0.3) is 0 Å².